The highest BCUT2D eigenvalue weighted by atomic mass is 15.1. The van der Waals surface area contributed by atoms with Gasteiger partial charge in [-0.15, -0.1) is 0 Å². The first-order valence-corrected chi connectivity index (χ1v) is 19.9. The Balaban J connectivity index is 1.11. The van der Waals surface area contributed by atoms with E-state index in [1.54, 1.807) is 0 Å². The zero-order valence-corrected chi connectivity index (χ0v) is 31.8. The number of hydrogen-bond donors (Lipinski definition) is 0. The van der Waals surface area contributed by atoms with Gasteiger partial charge in [0.1, 0.15) is 0 Å². The van der Waals surface area contributed by atoms with Gasteiger partial charge in [-0.05, 0) is 92.5 Å². The maximum atomic E-state index is 2.46. The van der Waals surface area contributed by atoms with Crippen LogP contribution >= 0.6 is 0 Å². The van der Waals surface area contributed by atoms with E-state index in [0.29, 0.717) is 0 Å². The SMILES string of the molecule is c1ccc(-c2ccccc2N(c2cccc(-c3cccc(-n4c5ccccc5c5ccccc54)c3)c2)c2ccc(-c3cccc4ccccc34)c3ccccc23)cc1. The molecule has 2 heteroatoms. The fourth-order valence-electron chi connectivity index (χ4n) is 8.96. The molecule has 10 aromatic carbocycles. The Kier molecular flexibility index (Phi) is 8.19. The second-order valence-corrected chi connectivity index (χ2v) is 14.9. The normalized spacial score (nSPS) is 11.4. The maximum Gasteiger partial charge on any atom is 0.0541 e. The Labute approximate surface area is 338 Å². The van der Waals surface area contributed by atoms with E-state index in [0.717, 1.165) is 33.9 Å². The molecule has 0 saturated carbocycles. The van der Waals surface area contributed by atoms with Crippen LogP contribution in [0.5, 0.6) is 0 Å². The summed E-state index contributed by atoms with van der Waals surface area (Å²) in [5, 5.41) is 7.42. The molecule has 58 heavy (non-hydrogen) atoms. The molecule has 1 aromatic heterocycles. The molecule has 0 fully saturated rings. The summed E-state index contributed by atoms with van der Waals surface area (Å²) in [6.45, 7) is 0. The van der Waals surface area contributed by atoms with Gasteiger partial charge in [-0.1, -0.05) is 182 Å². The quantitative estimate of drug-likeness (QED) is 0.158. The van der Waals surface area contributed by atoms with Gasteiger partial charge in [0.2, 0.25) is 0 Å². The van der Waals surface area contributed by atoms with E-state index in [1.807, 2.05) is 0 Å². The molecule has 0 aliphatic carbocycles. The first kappa shape index (κ1) is 33.6. The molecule has 1 heterocycles. The molecular formula is C56H38N2. The Bertz CT molecular complexity index is 3240. The molecule has 11 rings (SSSR count). The van der Waals surface area contributed by atoms with E-state index >= 15 is 0 Å². The summed E-state index contributed by atoms with van der Waals surface area (Å²) in [7, 11) is 0. The van der Waals surface area contributed by atoms with E-state index in [1.165, 1.54) is 65.6 Å². The van der Waals surface area contributed by atoms with Crippen molar-refractivity contribution in [3.05, 3.63) is 231 Å². The van der Waals surface area contributed by atoms with Crippen LogP contribution < -0.4 is 4.90 Å². The standard InChI is InChI=1S/C56H38N2/c1-2-17-40(18-3-1)46-26-8-11-32-53(46)57(56-36-35-49(48-27-6-7-28-50(48)56)47-31-16-20-39-19-4-5-25-45(39)47)43-23-14-21-41(37-43)42-22-15-24-44(38-42)58-54-33-12-9-29-51(54)52-30-10-13-34-55(52)58/h1-38H. The predicted molar refractivity (Wildman–Crippen MR) is 247 cm³/mol. The average molecular weight is 739 g/mol. The van der Waals surface area contributed by atoms with Crippen molar-refractivity contribution in [3.8, 4) is 39.1 Å². The number of hydrogen-bond acceptors (Lipinski definition) is 1. The van der Waals surface area contributed by atoms with E-state index in [4.69, 9.17) is 0 Å². The van der Waals surface area contributed by atoms with Crippen molar-refractivity contribution in [2.45, 2.75) is 0 Å². The lowest BCUT2D eigenvalue weighted by atomic mass is 9.92. The Hall–Kier alpha value is -7.68. The van der Waals surface area contributed by atoms with Gasteiger partial charge in [-0.25, -0.2) is 0 Å². The third-order valence-electron chi connectivity index (χ3n) is 11.6. The first-order valence-electron chi connectivity index (χ1n) is 19.9. The van der Waals surface area contributed by atoms with Gasteiger partial charge in [0.15, 0.2) is 0 Å². The van der Waals surface area contributed by atoms with Gasteiger partial charge in [-0.2, -0.15) is 0 Å². The maximum absolute atomic E-state index is 2.46. The van der Waals surface area contributed by atoms with Crippen LogP contribution in [0.15, 0.2) is 231 Å². The van der Waals surface area contributed by atoms with Crippen molar-refractivity contribution in [2.75, 3.05) is 4.90 Å². The third kappa shape index (κ3) is 5.66. The van der Waals surface area contributed by atoms with Crippen LogP contribution in [0.4, 0.5) is 17.1 Å². The monoisotopic (exact) mass is 738 g/mol. The van der Waals surface area contributed by atoms with E-state index in [9.17, 15) is 0 Å². The van der Waals surface area contributed by atoms with Crippen molar-refractivity contribution >= 4 is 60.4 Å². The number of aromatic nitrogens is 1. The van der Waals surface area contributed by atoms with Crippen molar-refractivity contribution in [1.82, 2.24) is 4.57 Å². The largest absolute Gasteiger partial charge is 0.309 e. The van der Waals surface area contributed by atoms with Crippen LogP contribution in [-0.2, 0) is 0 Å². The first-order chi connectivity index (χ1) is 28.8. The fourth-order valence-corrected chi connectivity index (χ4v) is 8.96. The van der Waals surface area contributed by atoms with E-state index in [2.05, 4.69) is 240 Å². The second-order valence-electron chi connectivity index (χ2n) is 14.9. The minimum Gasteiger partial charge on any atom is -0.309 e. The van der Waals surface area contributed by atoms with Crippen LogP contribution in [0.25, 0.3) is 82.4 Å². The molecule has 2 nitrogen and oxygen atoms in total. The highest BCUT2D eigenvalue weighted by molar-refractivity contribution is 6.11. The highest BCUT2D eigenvalue weighted by Gasteiger charge is 2.21. The van der Waals surface area contributed by atoms with Crippen LogP contribution in [0.3, 0.4) is 0 Å². The minimum atomic E-state index is 1.09. The van der Waals surface area contributed by atoms with Crippen molar-refractivity contribution in [3.63, 3.8) is 0 Å². The summed E-state index contributed by atoms with van der Waals surface area (Å²) < 4.78 is 2.39. The molecule has 0 atom stereocenters. The Morgan fingerprint density at radius 2 is 0.828 bits per heavy atom. The summed E-state index contributed by atoms with van der Waals surface area (Å²) in [4.78, 5) is 2.46. The molecule has 0 saturated heterocycles. The molecule has 0 N–H and O–H groups in total. The molecule has 272 valence electrons. The zero-order chi connectivity index (χ0) is 38.4. The number of benzene rings is 10. The molecule has 0 spiro atoms. The zero-order valence-electron chi connectivity index (χ0n) is 31.8. The Morgan fingerprint density at radius 1 is 0.293 bits per heavy atom. The van der Waals surface area contributed by atoms with E-state index < -0.39 is 0 Å². The molecule has 0 aliphatic heterocycles. The third-order valence-corrected chi connectivity index (χ3v) is 11.6. The van der Waals surface area contributed by atoms with E-state index in [-0.39, 0.29) is 0 Å². The van der Waals surface area contributed by atoms with Gasteiger partial charge in [-0.3, -0.25) is 0 Å². The summed E-state index contributed by atoms with van der Waals surface area (Å²) in [6.07, 6.45) is 0. The summed E-state index contributed by atoms with van der Waals surface area (Å²) in [6, 6.07) is 83.7. The van der Waals surface area contributed by atoms with Crippen molar-refractivity contribution < 1.29 is 0 Å². The van der Waals surface area contributed by atoms with Crippen LogP contribution in [-0.4, -0.2) is 4.57 Å². The highest BCUT2D eigenvalue weighted by Crippen LogP contribution is 2.46. The van der Waals surface area contributed by atoms with Gasteiger partial charge in [0, 0.05) is 33.1 Å². The Morgan fingerprint density at radius 3 is 1.62 bits per heavy atom. The lowest BCUT2D eigenvalue weighted by molar-refractivity contribution is 1.18. The molecule has 0 aliphatic rings. The summed E-state index contributed by atoms with van der Waals surface area (Å²) in [5.41, 5.74) is 14.0. The number of nitrogens with zero attached hydrogens (tertiary/aromatic N) is 2. The fraction of sp³-hybridized carbons (Fsp3) is 0. The number of para-hydroxylation sites is 3. The van der Waals surface area contributed by atoms with Crippen LogP contribution in [0.1, 0.15) is 0 Å². The minimum absolute atomic E-state index is 1.09. The number of rotatable bonds is 7. The average Bonchev–Trinajstić information content (AvgIpc) is 3.64. The molecule has 0 unspecified atom stereocenters. The predicted octanol–water partition coefficient (Wildman–Crippen LogP) is 15.6. The lowest BCUT2D eigenvalue weighted by Crippen LogP contribution is -2.12. The second kappa shape index (κ2) is 14.1. The lowest BCUT2D eigenvalue weighted by Gasteiger charge is -2.30. The molecule has 0 amide bonds. The summed E-state index contributed by atoms with van der Waals surface area (Å²) >= 11 is 0. The molecule has 0 bridgehead atoms. The van der Waals surface area contributed by atoms with Gasteiger partial charge in [0.25, 0.3) is 0 Å². The number of anilines is 3. The van der Waals surface area contributed by atoms with Crippen molar-refractivity contribution in [2.24, 2.45) is 0 Å². The molecular weight excluding hydrogens is 701 g/mol. The van der Waals surface area contributed by atoms with Crippen LogP contribution in [0, 0.1) is 0 Å². The molecule has 11 aromatic rings. The van der Waals surface area contributed by atoms with Gasteiger partial charge >= 0.3 is 0 Å². The topological polar surface area (TPSA) is 8.17 Å². The van der Waals surface area contributed by atoms with Crippen LogP contribution in [0.2, 0.25) is 0 Å². The van der Waals surface area contributed by atoms with Gasteiger partial charge < -0.3 is 9.47 Å². The van der Waals surface area contributed by atoms with Gasteiger partial charge in [0.05, 0.1) is 22.4 Å². The van der Waals surface area contributed by atoms with Crippen molar-refractivity contribution in [1.29, 1.82) is 0 Å². The smallest absolute Gasteiger partial charge is 0.0541 e. The summed E-state index contributed by atoms with van der Waals surface area (Å²) in [5.74, 6) is 0. The number of fused-ring (bicyclic) bond motifs is 5. The molecule has 0 radical (unpaired) electrons.